The third-order valence-corrected chi connectivity index (χ3v) is 28.8. The molecule has 0 fully saturated rings. The largest absolute Gasteiger partial charge is 0.292 e. The van der Waals surface area contributed by atoms with Crippen LogP contribution in [0.15, 0.2) is 528 Å². The minimum absolute atomic E-state index is 0.638. The molecular weight excluding hydrogens is 1780 g/mol. The van der Waals surface area contributed by atoms with Gasteiger partial charge in [0.1, 0.15) is 5.82 Å². The molecule has 0 atom stereocenters. The van der Waals surface area contributed by atoms with E-state index < -0.39 is 0 Å². The fourth-order valence-corrected chi connectivity index (χ4v) is 21.5. The zero-order valence-electron chi connectivity index (χ0n) is 79.8. The zero-order chi connectivity index (χ0) is 97.2. The van der Waals surface area contributed by atoms with Crippen LogP contribution < -0.4 is 0 Å². The Bertz CT molecular complexity index is 10200. The van der Waals surface area contributed by atoms with Crippen LogP contribution in [0.3, 0.4) is 0 Å². The van der Waals surface area contributed by atoms with Gasteiger partial charge in [0.15, 0.2) is 17.5 Å². The molecule has 0 saturated heterocycles. The average Bonchev–Trinajstić information content (AvgIpc) is 1.41. The summed E-state index contributed by atoms with van der Waals surface area (Å²) < 4.78 is 2.26. The summed E-state index contributed by atoms with van der Waals surface area (Å²) in [5.41, 5.74) is 27.9. The molecule has 6 heterocycles. The number of pyridine rings is 4. The Labute approximate surface area is 847 Å². The van der Waals surface area contributed by atoms with Crippen molar-refractivity contribution in [2.75, 3.05) is 0 Å². The molecular formula is C138H87N9. The Kier molecular flexibility index (Phi) is 21.8. The lowest BCUT2D eigenvalue weighted by Gasteiger charge is -2.19. The summed E-state index contributed by atoms with van der Waals surface area (Å²) in [5.74, 6) is 2.87. The summed E-state index contributed by atoms with van der Waals surface area (Å²) in [6.45, 7) is 0. The van der Waals surface area contributed by atoms with Crippen molar-refractivity contribution in [3.8, 4) is 141 Å². The number of fused-ring (bicyclic) bond motifs is 13. The van der Waals surface area contributed by atoms with Gasteiger partial charge in [0.25, 0.3) is 0 Å². The number of hydrogen-bond donors (Lipinski definition) is 0. The first-order valence-corrected chi connectivity index (χ1v) is 49.8. The third kappa shape index (κ3) is 16.3. The van der Waals surface area contributed by atoms with Crippen molar-refractivity contribution >= 4 is 141 Å². The number of nitrogens with zero attached hydrogens (tertiary/aromatic N) is 9. The van der Waals surface area contributed by atoms with E-state index in [0.717, 1.165) is 139 Å². The van der Waals surface area contributed by atoms with Crippen LogP contribution in [0.1, 0.15) is 0 Å². The van der Waals surface area contributed by atoms with Crippen molar-refractivity contribution in [2.45, 2.75) is 0 Å². The van der Waals surface area contributed by atoms with Gasteiger partial charge in [-0.25, -0.2) is 24.9 Å². The molecule has 9 nitrogen and oxygen atoms in total. The molecule has 0 radical (unpaired) electrons. The molecule has 147 heavy (non-hydrogen) atoms. The molecule has 0 aliphatic rings. The van der Waals surface area contributed by atoms with Gasteiger partial charge in [-0.05, 0) is 262 Å². The lowest BCUT2D eigenvalue weighted by atomic mass is 9.84. The Morgan fingerprint density at radius 1 is 0.163 bits per heavy atom. The second kappa shape index (κ2) is 37.0. The van der Waals surface area contributed by atoms with Gasteiger partial charge in [-0.2, -0.15) is 0 Å². The summed E-state index contributed by atoms with van der Waals surface area (Å²) in [4.78, 5) is 39.7. The molecule has 0 N–H and O–H groups in total. The van der Waals surface area contributed by atoms with Crippen LogP contribution in [0.4, 0.5) is 0 Å². The predicted octanol–water partition coefficient (Wildman–Crippen LogP) is 36.0. The van der Waals surface area contributed by atoms with Crippen molar-refractivity contribution in [3.05, 3.63) is 528 Å². The minimum atomic E-state index is 0.638. The summed E-state index contributed by atoms with van der Waals surface area (Å²) in [5, 5.41) is 25.3. The van der Waals surface area contributed by atoms with Gasteiger partial charge < -0.3 is 0 Å². The van der Waals surface area contributed by atoms with Gasteiger partial charge in [0.05, 0.1) is 39.0 Å². The van der Waals surface area contributed by atoms with E-state index >= 15 is 0 Å². The lowest BCUT2D eigenvalue weighted by molar-refractivity contribution is 1.08. The molecule has 0 bridgehead atoms. The molecule has 29 rings (SSSR count). The monoisotopic (exact) mass is 1870 g/mol. The maximum Gasteiger partial charge on any atom is 0.164 e. The topological polar surface area (TPSA) is 108 Å². The molecule has 23 aromatic carbocycles. The molecule has 684 valence electrons. The number of benzene rings is 23. The minimum Gasteiger partial charge on any atom is -0.292 e. The van der Waals surface area contributed by atoms with E-state index in [2.05, 4.69) is 500 Å². The van der Waals surface area contributed by atoms with E-state index in [1.807, 2.05) is 42.9 Å². The number of hydrogen-bond acceptors (Lipinski definition) is 8. The Hall–Kier alpha value is -19.7. The van der Waals surface area contributed by atoms with Crippen LogP contribution in [0.5, 0.6) is 0 Å². The van der Waals surface area contributed by atoms with E-state index in [9.17, 15) is 0 Å². The van der Waals surface area contributed by atoms with Gasteiger partial charge in [-0.1, -0.05) is 400 Å². The Balaban J connectivity index is 0.000000110. The molecule has 0 spiro atoms. The summed E-state index contributed by atoms with van der Waals surface area (Å²) in [6.07, 6.45) is 5.67. The van der Waals surface area contributed by atoms with E-state index in [4.69, 9.17) is 29.9 Å². The molecule has 0 saturated carbocycles. The smallest absolute Gasteiger partial charge is 0.164 e. The Morgan fingerprint density at radius 3 is 1.07 bits per heavy atom. The predicted molar refractivity (Wildman–Crippen MR) is 614 cm³/mol. The highest BCUT2D eigenvalue weighted by Crippen LogP contribution is 2.49. The van der Waals surface area contributed by atoms with Crippen LogP contribution in [-0.4, -0.2) is 44.4 Å². The standard InChI is InChI=1S/C53H34N2.C47H29N3.C38H24N4/c1-2-16-44(17-3-1)55-50-21-11-10-20-49(50)54-53(55)38-26-22-37(23-27-38)41-30-31-47-48(34-41)52(43-29-25-36-13-5-7-15-40(36)33-43)46-19-9-8-18-45(46)51(47)42-28-24-35-12-4-6-14-39(35)32-42;1-3-11-32-25-35(19-17-30(32)9-1)45-39-14-6-7-15-40(39)46(36-20-18-31-10-2-4-12-33(31)26-36)47-41(45)22-24-44(50-47)37-21-23-43(48-28-37)38-27-34-13-5-8-16-42(34)49-29-38;1-3-9-30-23-32(20-14-25(30)7-1)37-40-36(41-38(42-37)33-21-15-26-8-2-4-10-31(26)24-33)29-18-16-27(17-19-29)34-13-5-11-28-12-6-22-39-35(28)34/h1-34H;1-29H;1-24H. The first-order chi connectivity index (χ1) is 72.8. The van der Waals surface area contributed by atoms with Crippen molar-refractivity contribution in [3.63, 3.8) is 0 Å². The normalized spacial score (nSPS) is 11.5. The van der Waals surface area contributed by atoms with E-state index in [1.165, 1.54) is 125 Å². The molecule has 0 aliphatic carbocycles. The average molecular weight is 1870 g/mol. The van der Waals surface area contributed by atoms with E-state index in [1.54, 1.807) is 0 Å². The number of imidazole rings is 1. The summed E-state index contributed by atoms with van der Waals surface area (Å²) >= 11 is 0. The van der Waals surface area contributed by atoms with E-state index in [-0.39, 0.29) is 0 Å². The first kappa shape index (κ1) is 86.4. The van der Waals surface area contributed by atoms with Gasteiger partial charge in [0.2, 0.25) is 0 Å². The number of rotatable bonds is 13. The Morgan fingerprint density at radius 2 is 0.531 bits per heavy atom. The maximum atomic E-state index is 5.49. The second-order valence-electron chi connectivity index (χ2n) is 37.6. The van der Waals surface area contributed by atoms with Gasteiger partial charge in [0, 0.05) is 84.9 Å². The highest BCUT2D eigenvalue weighted by molar-refractivity contribution is 6.24. The highest BCUT2D eigenvalue weighted by Gasteiger charge is 2.25. The fraction of sp³-hybridized carbons (Fsp3) is 0. The molecule has 6 aromatic heterocycles. The highest BCUT2D eigenvalue weighted by atomic mass is 15.1. The van der Waals surface area contributed by atoms with Gasteiger partial charge in [-0.3, -0.25) is 19.5 Å². The number of aromatic nitrogens is 9. The fourth-order valence-electron chi connectivity index (χ4n) is 21.5. The van der Waals surface area contributed by atoms with Crippen LogP contribution in [-0.2, 0) is 0 Å². The SMILES string of the molecule is c1ccc(-n2c(-c3ccc(-c4ccc5c(-c6ccc7ccccc7c6)c6ccccc6c(-c6ccc7ccccc7c6)c5c4)cc3)nc3ccccc32)cc1.c1ccc2cc(-c3c4ccccc4c(-c4ccc5ccccc5c4)c4nc(-c5ccc(-c6cnc7ccccc7c6)nc5)ccc34)ccc2c1.c1ccc2cc(-c3nc(-c4ccc(-c5cccc6cccnc56)cc4)nc(-c4ccc5ccccc5c4)n3)ccc2c1. The molecule has 0 aliphatic heterocycles. The summed E-state index contributed by atoms with van der Waals surface area (Å²) in [7, 11) is 0. The van der Waals surface area contributed by atoms with Crippen molar-refractivity contribution < 1.29 is 0 Å². The van der Waals surface area contributed by atoms with Crippen LogP contribution >= 0.6 is 0 Å². The molecule has 9 heteroatoms. The lowest BCUT2D eigenvalue weighted by Crippen LogP contribution is -2.00. The van der Waals surface area contributed by atoms with Crippen LogP contribution in [0, 0.1) is 0 Å². The van der Waals surface area contributed by atoms with Crippen molar-refractivity contribution in [2.24, 2.45) is 0 Å². The van der Waals surface area contributed by atoms with Gasteiger partial charge in [-0.15, -0.1) is 0 Å². The first-order valence-electron chi connectivity index (χ1n) is 49.8. The molecule has 0 amide bonds. The van der Waals surface area contributed by atoms with Gasteiger partial charge >= 0.3 is 0 Å². The quantitative estimate of drug-likeness (QED) is 0.105. The van der Waals surface area contributed by atoms with Crippen LogP contribution in [0.2, 0.25) is 0 Å². The third-order valence-electron chi connectivity index (χ3n) is 28.8. The van der Waals surface area contributed by atoms with Crippen LogP contribution in [0.25, 0.3) is 281 Å². The second-order valence-corrected chi connectivity index (χ2v) is 37.6. The van der Waals surface area contributed by atoms with Crippen molar-refractivity contribution in [1.82, 2.24) is 44.4 Å². The van der Waals surface area contributed by atoms with E-state index in [0.29, 0.717) is 17.5 Å². The molecule has 0 unspecified atom stereocenters. The maximum absolute atomic E-state index is 5.49. The molecule has 29 aromatic rings. The van der Waals surface area contributed by atoms with Crippen molar-refractivity contribution in [1.29, 1.82) is 0 Å². The number of para-hydroxylation sites is 5. The summed E-state index contributed by atoms with van der Waals surface area (Å²) in [6, 6.07) is 181. The zero-order valence-corrected chi connectivity index (χ0v) is 79.8.